The molecule has 5 nitrogen and oxygen atoms in total. The van der Waals surface area contributed by atoms with Crippen molar-refractivity contribution in [2.75, 3.05) is 24.5 Å². The van der Waals surface area contributed by atoms with Gasteiger partial charge in [0.2, 0.25) is 5.91 Å². The molecule has 1 heterocycles. The van der Waals surface area contributed by atoms with Crippen LogP contribution in [0, 0.1) is 0 Å². The summed E-state index contributed by atoms with van der Waals surface area (Å²) in [4.78, 5) is 25.5. The molecule has 2 N–H and O–H groups in total. The molecule has 1 aromatic carbocycles. The normalized spacial score (nSPS) is 18.0. The van der Waals surface area contributed by atoms with Crippen LogP contribution in [0.4, 0.5) is 5.69 Å². The van der Waals surface area contributed by atoms with E-state index in [9.17, 15) is 9.59 Å². The van der Waals surface area contributed by atoms with Gasteiger partial charge in [0.25, 0.3) is 5.91 Å². The monoisotopic (exact) mass is 289 g/mol. The lowest BCUT2D eigenvalue weighted by Gasteiger charge is -2.24. The highest BCUT2D eigenvalue weighted by Gasteiger charge is 2.20. The fraction of sp³-hybridized carbons (Fsp3) is 0.500. The van der Waals surface area contributed by atoms with Crippen LogP contribution in [0.2, 0.25) is 0 Å². The fourth-order valence-electron chi connectivity index (χ4n) is 2.54. The second-order valence-corrected chi connectivity index (χ2v) is 5.23. The van der Waals surface area contributed by atoms with Gasteiger partial charge >= 0.3 is 0 Å². The van der Waals surface area contributed by atoms with E-state index in [1.54, 1.807) is 0 Å². The zero-order valence-corrected chi connectivity index (χ0v) is 12.7. The van der Waals surface area contributed by atoms with Crippen molar-refractivity contribution < 1.29 is 9.59 Å². The molecule has 0 saturated carbocycles. The molecule has 5 heteroatoms. The van der Waals surface area contributed by atoms with Crippen molar-refractivity contribution in [1.82, 2.24) is 10.6 Å². The van der Waals surface area contributed by atoms with E-state index < -0.39 is 0 Å². The van der Waals surface area contributed by atoms with Gasteiger partial charge in [-0.15, -0.1) is 0 Å². The lowest BCUT2D eigenvalue weighted by molar-refractivity contribution is -0.122. The molecule has 0 aliphatic carbocycles. The summed E-state index contributed by atoms with van der Waals surface area (Å²) in [5.41, 5.74) is 1.78. The summed E-state index contributed by atoms with van der Waals surface area (Å²) in [6.45, 7) is 6.64. The summed E-state index contributed by atoms with van der Waals surface area (Å²) >= 11 is 0. The summed E-state index contributed by atoms with van der Waals surface area (Å²) < 4.78 is 0. The smallest absolute Gasteiger partial charge is 0.251 e. The van der Waals surface area contributed by atoms with Gasteiger partial charge in [-0.25, -0.2) is 0 Å². The zero-order valence-electron chi connectivity index (χ0n) is 12.7. The Morgan fingerprint density at radius 2 is 1.95 bits per heavy atom. The quantitative estimate of drug-likeness (QED) is 0.864. The van der Waals surface area contributed by atoms with E-state index in [1.165, 1.54) is 0 Å². The van der Waals surface area contributed by atoms with Crippen molar-refractivity contribution in [3.8, 4) is 0 Å². The minimum atomic E-state index is -0.0813. The van der Waals surface area contributed by atoms with Gasteiger partial charge in [0.1, 0.15) is 0 Å². The van der Waals surface area contributed by atoms with Crippen molar-refractivity contribution in [3.63, 3.8) is 0 Å². The first-order valence-electron chi connectivity index (χ1n) is 7.56. The van der Waals surface area contributed by atoms with E-state index in [1.807, 2.05) is 24.3 Å². The molecule has 0 aromatic heterocycles. The number of piperidine rings is 1. The molecule has 0 bridgehead atoms. The molecular formula is C16H23N3O2. The van der Waals surface area contributed by atoms with Gasteiger partial charge in [0.15, 0.2) is 0 Å². The van der Waals surface area contributed by atoms with Crippen LogP contribution in [0.3, 0.4) is 0 Å². The Bertz CT molecular complexity index is 485. The predicted molar refractivity (Wildman–Crippen MR) is 83.5 cm³/mol. The van der Waals surface area contributed by atoms with Crippen molar-refractivity contribution >= 4 is 17.5 Å². The average molecular weight is 289 g/mol. The summed E-state index contributed by atoms with van der Waals surface area (Å²) in [7, 11) is 0. The predicted octanol–water partition coefficient (Wildman–Crippen LogP) is 1.54. The SMILES string of the molecule is CCN(CC)c1ccc(C(=O)NC2CCC(=O)NC2)cc1. The summed E-state index contributed by atoms with van der Waals surface area (Å²) in [5.74, 6) is -0.0219. The molecule has 1 saturated heterocycles. The topological polar surface area (TPSA) is 61.4 Å². The Labute approximate surface area is 125 Å². The third kappa shape index (κ3) is 3.97. The molecule has 1 unspecified atom stereocenters. The van der Waals surface area contributed by atoms with Crippen LogP contribution in [0.25, 0.3) is 0 Å². The molecule has 2 amide bonds. The molecule has 1 fully saturated rings. The minimum Gasteiger partial charge on any atom is -0.372 e. The molecule has 2 rings (SSSR count). The Balaban J connectivity index is 1.95. The first kappa shape index (κ1) is 15.4. The van der Waals surface area contributed by atoms with Gasteiger partial charge in [-0.2, -0.15) is 0 Å². The number of nitrogens with zero attached hydrogens (tertiary/aromatic N) is 1. The van der Waals surface area contributed by atoms with E-state index in [0.29, 0.717) is 24.9 Å². The minimum absolute atomic E-state index is 0.0256. The van der Waals surface area contributed by atoms with Gasteiger partial charge in [0.05, 0.1) is 0 Å². The van der Waals surface area contributed by atoms with E-state index in [-0.39, 0.29) is 17.9 Å². The maximum Gasteiger partial charge on any atom is 0.251 e. The standard InChI is InChI=1S/C16H23N3O2/c1-3-19(4-2)14-8-5-12(6-9-14)16(21)18-13-7-10-15(20)17-11-13/h5-6,8-9,13H,3-4,7,10-11H2,1-2H3,(H,17,20)(H,18,21). The summed E-state index contributed by atoms with van der Waals surface area (Å²) in [6.07, 6.45) is 1.18. The Hall–Kier alpha value is -2.04. The number of hydrogen-bond acceptors (Lipinski definition) is 3. The van der Waals surface area contributed by atoms with E-state index in [4.69, 9.17) is 0 Å². The Morgan fingerprint density at radius 3 is 2.48 bits per heavy atom. The fourth-order valence-corrected chi connectivity index (χ4v) is 2.54. The highest BCUT2D eigenvalue weighted by atomic mass is 16.2. The summed E-state index contributed by atoms with van der Waals surface area (Å²) in [5, 5.41) is 5.73. The van der Waals surface area contributed by atoms with E-state index in [2.05, 4.69) is 29.4 Å². The lowest BCUT2D eigenvalue weighted by Crippen LogP contribution is -2.47. The van der Waals surface area contributed by atoms with E-state index >= 15 is 0 Å². The Kier molecular flexibility index (Phi) is 5.20. The number of anilines is 1. The van der Waals surface area contributed by atoms with Gasteiger partial charge in [-0.1, -0.05) is 0 Å². The lowest BCUT2D eigenvalue weighted by atomic mass is 10.1. The third-order valence-corrected chi connectivity index (χ3v) is 3.86. The number of carbonyl (C=O) groups is 2. The van der Waals surface area contributed by atoms with Gasteiger partial charge < -0.3 is 15.5 Å². The van der Waals surface area contributed by atoms with Gasteiger partial charge in [-0.3, -0.25) is 9.59 Å². The molecular weight excluding hydrogens is 266 g/mol. The van der Waals surface area contributed by atoms with Gasteiger partial charge in [0, 0.05) is 43.3 Å². The molecule has 0 spiro atoms. The molecule has 1 aliphatic rings. The van der Waals surface area contributed by atoms with Crippen LogP contribution in [0.15, 0.2) is 24.3 Å². The highest BCUT2D eigenvalue weighted by molar-refractivity contribution is 5.94. The number of rotatable bonds is 5. The van der Waals surface area contributed by atoms with Crippen molar-refractivity contribution in [2.45, 2.75) is 32.7 Å². The second-order valence-electron chi connectivity index (χ2n) is 5.23. The first-order chi connectivity index (χ1) is 10.1. The van der Waals surface area contributed by atoms with Crippen molar-refractivity contribution in [3.05, 3.63) is 29.8 Å². The van der Waals surface area contributed by atoms with Crippen LogP contribution in [0.1, 0.15) is 37.0 Å². The third-order valence-electron chi connectivity index (χ3n) is 3.86. The molecule has 1 aliphatic heterocycles. The number of nitrogens with one attached hydrogen (secondary N) is 2. The molecule has 114 valence electrons. The number of hydrogen-bond donors (Lipinski definition) is 2. The number of amides is 2. The largest absolute Gasteiger partial charge is 0.372 e. The van der Waals surface area contributed by atoms with Gasteiger partial charge in [-0.05, 0) is 44.5 Å². The van der Waals surface area contributed by atoms with Crippen molar-refractivity contribution in [1.29, 1.82) is 0 Å². The van der Waals surface area contributed by atoms with Crippen molar-refractivity contribution in [2.24, 2.45) is 0 Å². The maximum atomic E-state index is 12.2. The number of benzene rings is 1. The molecule has 0 radical (unpaired) electrons. The first-order valence-corrected chi connectivity index (χ1v) is 7.56. The Morgan fingerprint density at radius 1 is 1.29 bits per heavy atom. The molecule has 1 atom stereocenters. The molecule has 1 aromatic rings. The zero-order chi connectivity index (χ0) is 15.2. The van der Waals surface area contributed by atoms with Crippen LogP contribution in [-0.2, 0) is 4.79 Å². The maximum absolute atomic E-state index is 12.2. The average Bonchev–Trinajstić information content (AvgIpc) is 2.51. The van der Waals surface area contributed by atoms with Crippen LogP contribution in [-0.4, -0.2) is 37.5 Å². The van der Waals surface area contributed by atoms with Crippen LogP contribution >= 0.6 is 0 Å². The summed E-state index contributed by atoms with van der Waals surface area (Å²) in [6, 6.07) is 7.68. The van der Waals surface area contributed by atoms with Crippen LogP contribution < -0.4 is 15.5 Å². The molecule has 21 heavy (non-hydrogen) atoms. The van der Waals surface area contributed by atoms with E-state index in [0.717, 1.165) is 18.8 Å². The second kappa shape index (κ2) is 7.11. The highest BCUT2D eigenvalue weighted by Crippen LogP contribution is 2.15. The van der Waals surface area contributed by atoms with Crippen LogP contribution in [0.5, 0.6) is 0 Å². The number of carbonyl (C=O) groups excluding carboxylic acids is 2.